The number of hydrogen-bond donors (Lipinski definition) is 1. The molecule has 114 valence electrons. The minimum atomic E-state index is -0.589. The van der Waals surface area contributed by atoms with Gasteiger partial charge in [-0.2, -0.15) is 0 Å². The number of hydrogen-bond acceptors (Lipinski definition) is 4. The second-order valence-corrected chi connectivity index (χ2v) is 4.97. The van der Waals surface area contributed by atoms with Gasteiger partial charge in [0.25, 0.3) is 0 Å². The van der Waals surface area contributed by atoms with Crippen molar-refractivity contribution in [1.82, 2.24) is 4.90 Å². The van der Waals surface area contributed by atoms with E-state index in [1.54, 1.807) is 14.2 Å². The second kappa shape index (κ2) is 8.12. The molecule has 0 spiro atoms. The van der Waals surface area contributed by atoms with Crippen molar-refractivity contribution in [3.05, 3.63) is 23.8 Å². The normalized spacial score (nSPS) is 14.2. The molecule has 0 aliphatic heterocycles. The molecule has 2 unspecified atom stereocenters. The average Bonchev–Trinajstić information content (AvgIpc) is 2.50. The maximum atomic E-state index is 10.5. The van der Waals surface area contributed by atoms with Gasteiger partial charge in [-0.1, -0.05) is 13.8 Å². The van der Waals surface area contributed by atoms with Crippen molar-refractivity contribution in [3.63, 3.8) is 0 Å². The first-order chi connectivity index (χ1) is 9.57. The number of ether oxygens (including phenoxy) is 2. The minimum absolute atomic E-state index is 0.450. The van der Waals surface area contributed by atoms with Gasteiger partial charge in [0.05, 0.1) is 20.3 Å². The van der Waals surface area contributed by atoms with E-state index in [0.717, 1.165) is 24.3 Å². The largest absolute Gasteiger partial charge is 0.497 e. The third kappa shape index (κ3) is 4.12. The highest BCUT2D eigenvalue weighted by molar-refractivity contribution is 5.41. The van der Waals surface area contributed by atoms with Crippen molar-refractivity contribution >= 4 is 0 Å². The van der Waals surface area contributed by atoms with Crippen LogP contribution in [-0.4, -0.2) is 43.4 Å². The van der Waals surface area contributed by atoms with Crippen LogP contribution in [0.25, 0.3) is 0 Å². The fourth-order valence-electron chi connectivity index (χ4n) is 2.30. The van der Waals surface area contributed by atoms with Gasteiger partial charge in [-0.05, 0) is 38.1 Å². The number of rotatable bonds is 8. The third-order valence-corrected chi connectivity index (χ3v) is 3.82. The monoisotopic (exact) mass is 281 g/mol. The van der Waals surface area contributed by atoms with Crippen LogP contribution < -0.4 is 9.47 Å². The SMILES string of the molecule is CCC(C)N(CC)CC(O)c1cc(OC)ccc1OC. The van der Waals surface area contributed by atoms with Gasteiger partial charge in [-0.3, -0.25) is 4.90 Å². The molecule has 1 rings (SSSR count). The summed E-state index contributed by atoms with van der Waals surface area (Å²) in [6, 6.07) is 5.96. The zero-order valence-electron chi connectivity index (χ0n) is 13.2. The molecule has 0 radical (unpaired) electrons. The number of methoxy groups -OCH3 is 2. The molecule has 4 heteroatoms. The van der Waals surface area contributed by atoms with Crippen LogP contribution >= 0.6 is 0 Å². The number of aliphatic hydroxyl groups is 1. The highest BCUT2D eigenvalue weighted by Gasteiger charge is 2.19. The van der Waals surface area contributed by atoms with E-state index in [9.17, 15) is 5.11 Å². The fourth-order valence-corrected chi connectivity index (χ4v) is 2.30. The average molecular weight is 281 g/mol. The molecule has 0 aromatic heterocycles. The lowest BCUT2D eigenvalue weighted by atomic mass is 10.1. The first-order valence-electron chi connectivity index (χ1n) is 7.21. The van der Waals surface area contributed by atoms with Gasteiger partial charge in [0, 0.05) is 18.2 Å². The summed E-state index contributed by atoms with van der Waals surface area (Å²) in [6.07, 6.45) is 0.476. The number of likely N-dealkylation sites (N-methyl/N-ethyl adjacent to an activating group) is 1. The van der Waals surface area contributed by atoms with E-state index in [4.69, 9.17) is 9.47 Å². The van der Waals surface area contributed by atoms with E-state index in [2.05, 4.69) is 25.7 Å². The molecule has 1 aromatic carbocycles. The van der Waals surface area contributed by atoms with Crippen molar-refractivity contribution < 1.29 is 14.6 Å². The Bertz CT molecular complexity index is 409. The number of benzene rings is 1. The molecule has 1 N–H and O–H groups in total. The Morgan fingerprint density at radius 1 is 1.20 bits per heavy atom. The van der Waals surface area contributed by atoms with Crippen LogP contribution in [0.1, 0.15) is 38.9 Å². The number of aliphatic hydroxyl groups excluding tert-OH is 1. The van der Waals surface area contributed by atoms with Crippen LogP contribution in [0.5, 0.6) is 11.5 Å². The Kier molecular flexibility index (Phi) is 6.82. The topological polar surface area (TPSA) is 41.9 Å². The van der Waals surface area contributed by atoms with Gasteiger partial charge in [-0.15, -0.1) is 0 Å². The lowest BCUT2D eigenvalue weighted by Crippen LogP contribution is -2.36. The standard InChI is InChI=1S/C16H27NO3/c1-6-12(3)17(7-2)11-15(18)14-10-13(19-4)8-9-16(14)20-5/h8-10,12,15,18H,6-7,11H2,1-5H3. The van der Waals surface area contributed by atoms with E-state index in [0.29, 0.717) is 18.3 Å². The first kappa shape index (κ1) is 16.8. The Morgan fingerprint density at radius 2 is 1.90 bits per heavy atom. The molecule has 0 heterocycles. The molecule has 2 atom stereocenters. The molecular formula is C16H27NO3. The predicted molar refractivity (Wildman–Crippen MR) is 81.5 cm³/mol. The van der Waals surface area contributed by atoms with Gasteiger partial charge in [0.2, 0.25) is 0 Å². The Labute approximate surface area is 122 Å². The van der Waals surface area contributed by atoms with Crippen molar-refractivity contribution in [2.24, 2.45) is 0 Å². The van der Waals surface area contributed by atoms with Crippen molar-refractivity contribution in [3.8, 4) is 11.5 Å². The van der Waals surface area contributed by atoms with E-state index < -0.39 is 6.10 Å². The quantitative estimate of drug-likeness (QED) is 0.795. The second-order valence-electron chi connectivity index (χ2n) is 4.97. The molecular weight excluding hydrogens is 254 g/mol. The Hall–Kier alpha value is -1.26. The number of nitrogens with zero attached hydrogens (tertiary/aromatic N) is 1. The molecule has 0 fully saturated rings. The van der Waals surface area contributed by atoms with Gasteiger partial charge in [0.1, 0.15) is 11.5 Å². The molecule has 0 saturated heterocycles. The van der Waals surface area contributed by atoms with Crippen molar-refractivity contribution in [2.45, 2.75) is 39.3 Å². The predicted octanol–water partition coefficient (Wildman–Crippen LogP) is 2.86. The van der Waals surface area contributed by atoms with Gasteiger partial charge >= 0.3 is 0 Å². The zero-order valence-corrected chi connectivity index (χ0v) is 13.2. The molecule has 0 bridgehead atoms. The molecule has 0 aliphatic carbocycles. The van der Waals surface area contributed by atoms with Gasteiger partial charge < -0.3 is 14.6 Å². The maximum absolute atomic E-state index is 10.5. The summed E-state index contributed by atoms with van der Waals surface area (Å²) in [7, 11) is 3.24. The van der Waals surface area contributed by atoms with Crippen molar-refractivity contribution in [1.29, 1.82) is 0 Å². The summed E-state index contributed by atoms with van der Waals surface area (Å²) < 4.78 is 10.6. The van der Waals surface area contributed by atoms with Crippen LogP contribution in [0.15, 0.2) is 18.2 Å². The van der Waals surface area contributed by atoms with E-state index in [-0.39, 0.29) is 0 Å². The van der Waals surface area contributed by atoms with Gasteiger partial charge in [-0.25, -0.2) is 0 Å². The third-order valence-electron chi connectivity index (χ3n) is 3.82. The van der Waals surface area contributed by atoms with Gasteiger partial charge in [0.15, 0.2) is 0 Å². The molecule has 1 aromatic rings. The lowest BCUT2D eigenvalue weighted by molar-refractivity contribution is 0.0914. The summed E-state index contributed by atoms with van der Waals surface area (Å²) in [6.45, 7) is 7.96. The van der Waals surface area contributed by atoms with Crippen LogP contribution in [-0.2, 0) is 0 Å². The Morgan fingerprint density at radius 3 is 2.40 bits per heavy atom. The summed E-state index contributed by atoms with van der Waals surface area (Å²) in [5.41, 5.74) is 0.772. The van der Waals surface area contributed by atoms with Crippen LogP contribution in [0.4, 0.5) is 0 Å². The molecule has 0 amide bonds. The first-order valence-corrected chi connectivity index (χ1v) is 7.21. The summed E-state index contributed by atoms with van der Waals surface area (Å²) in [5.74, 6) is 1.42. The molecule has 4 nitrogen and oxygen atoms in total. The van der Waals surface area contributed by atoms with Crippen molar-refractivity contribution in [2.75, 3.05) is 27.3 Å². The fraction of sp³-hybridized carbons (Fsp3) is 0.625. The van der Waals surface area contributed by atoms with E-state index in [1.165, 1.54) is 0 Å². The minimum Gasteiger partial charge on any atom is -0.497 e. The highest BCUT2D eigenvalue weighted by Crippen LogP contribution is 2.30. The smallest absolute Gasteiger partial charge is 0.124 e. The maximum Gasteiger partial charge on any atom is 0.124 e. The zero-order chi connectivity index (χ0) is 15.1. The lowest BCUT2D eigenvalue weighted by Gasteiger charge is -2.29. The van der Waals surface area contributed by atoms with E-state index >= 15 is 0 Å². The van der Waals surface area contributed by atoms with E-state index in [1.807, 2.05) is 18.2 Å². The molecule has 0 aliphatic rings. The summed E-state index contributed by atoms with van der Waals surface area (Å²) >= 11 is 0. The summed E-state index contributed by atoms with van der Waals surface area (Å²) in [5, 5.41) is 10.5. The highest BCUT2D eigenvalue weighted by atomic mass is 16.5. The van der Waals surface area contributed by atoms with Crippen LogP contribution in [0.2, 0.25) is 0 Å². The molecule has 0 saturated carbocycles. The summed E-state index contributed by atoms with van der Waals surface area (Å²) in [4.78, 5) is 2.27. The van der Waals surface area contributed by atoms with Crippen LogP contribution in [0.3, 0.4) is 0 Å². The van der Waals surface area contributed by atoms with Crippen LogP contribution in [0, 0.1) is 0 Å². The Balaban J connectivity index is 2.92. The molecule has 20 heavy (non-hydrogen) atoms.